The highest BCUT2D eigenvalue weighted by atomic mass is 16.6. The van der Waals surface area contributed by atoms with Gasteiger partial charge in [0.15, 0.2) is 5.75 Å². The maximum absolute atomic E-state index is 12.9. The van der Waals surface area contributed by atoms with E-state index in [9.17, 15) is 19.7 Å². The van der Waals surface area contributed by atoms with Crippen LogP contribution in [-0.4, -0.2) is 41.4 Å². The van der Waals surface area contributed by atoms with E-state index in [0.29, 0.717) is 18.7 Å². The summed E-state index contributed by atoms with van der Waals surface area (Å²) in [4.78, 5) is 38.0. The lowest BCUT2D eigenvalue weighted by atomic mass is 10.1. The number of rotatable bonds is 7. The van der Waals surface area contributed by atoms with E-state index in [2.05, 4.69) is 0 Å². The van der Waals surface area contributed by atoms with E-state index < -0.39 is 17.0 Å². The molecule has 1 aliphatic rings. The number of nitro groups is 1. The summed E-state index contributed by atoms with van der Waals surface area (Å²) < 4.78 is 10.8. The molecule has 1 amide bonds. The molecule has 1 heterocycles. The third kappa shape index (κ3) is 4.71. The van der Waals surface area contributed by atoms with Crippen LogP contribution in [0.15, 0.2) is 48.5 Å². The monoisotopic (exact) mass is 398 g/mol. The topological polar surface area (TPSA) is 99.0 Å². The fraction of sp³-hybridized carbons (Fsp3) is 0.333. The van der Waals surface area contributed by atoms with Gasteiger partial charge in [-0.3, -0.25) is 14.9 Å². The highest BCUT2D eigenvalue weighted by molar-refractivity contribution is 5.93. The van der Waals surface area contributed by atoms with Gasteiger partial charge in [-0.1, -0.05) is 30.3 Å². The maximum atomic E-state index is 12.9. The molecule has 1 atom stereocenters. The molecule has 0 aliphatic carbocycles. The quantitative estimate of drug-likeness (QED) is 0.402. The molecule has 0 saturated carbocycles. The number of carbonyl (C=O) groups is 2. The normalized spacial score (nSPS) is 14.3. The number of esters is 1. The van der Waals surface area contributed by atoms with Gasteiger partial charge in [0.05, 0.1) is 17.1 Å². The van der Waals surface area contributed by atoms with E-state index >= 15 is 0 Å². The van der Waals surface area contributed by atoms with Crippen LogP contribution in [0.25, 0.3) is 0 Å². The van der Waals surface area contributed by atoms with Gasteiger partial charge in [-0.25, -0.2) is 4.79 Å². The largest absolute Gasteiger partial charge is 0.487 e. The van der Waals surface area contributed by atoms with E-state index in [1.54, 1.807) is 42.2 Å². The van der Waals surface area contributed by atoms with Crippen molar-refractivity contribution in [3.63, 3.8) is 0 Å². The predicted molar refractivity (Wildman–Crippen MR) is 105 cm³/mol. The van der Waals surface area contributed by atoms with Gasteiger partial charge >= 0.3 is 11.7 Å². The highest BCUT2D eigenvalue weighted by Gasteiger charge is 2.31. The molecule has 29 heavy (non-hydrogen) atoms. The lowest BCUT2D eigenvalue weighted by Crippen LogP contribution is -2.34. The first-order chi connectivity index (χ1) is 14.0. The minimum atomic E-state index is -1.10. The first kappa shape index (κ1) is 20.3. The van der Waals surface area contributed by atoms with Gasteiger partial charge in [-0.15, -0.1) is 0 Å². The average Bonchev–Trinajstić information content (AvgIpc) is 3.27. The Kier molecular flexibility index (Phi) is 6.43. The Balaban J connectivity index is 1.87. The van der Waals surface area contributed by atoms with E-state index in [-0.39, 0.29) is 29.5 Å². The summed E-state index contributed by atoms with van der Waals surface area (Å²) in [7, 11) is 0. The van der Waals surface area contributed by atoms with Crippen molar-refractivity contribution in [2.45, 2.75) is 25.9 Å². The number of nitro benzene ring substituents is 1. The third-order valence-corrected chi connectivity index (χ3v) is 4.66. The van der Waals surface area contributed by atoms with Crippen molar-refractivity contribution >= 4 is 17.6 Å². The summed E-state index contributed by atoms with van der Waals surface area (Å²) in [6.07, 6.45) is 0.714. The second kappa shape index (κ2) is 9.18. The Morgan fingerprint density at radius 3 is 2.45 bits per heavy atom. The molecule has 3 rings (SSSR count). The molecule has 0 spiro atoms. The highest BCUT2D eigenvalue weighted by Crippen LogP contribution is 2.30. The SMILES string of the molecule is CCOc1ccc(C(=O)O[C@@H](C(=O)N2CCCC2)c2ccccc2)cc1[N+](=O)[O-]. The van der Waals surface area contributed by atoms with Gasteiger partial charge in [-0.2, -0.15) is 0 Å². The molecule has 0 aromatic heterocycles. The van der Waals surface area contributed by atoms with Gasteiger partial charge < -0.3 is 14.4 Å². The van der Waals surface area contributed by atoms with Crippen LogP contribution in [0.4, 0.5) is 5.69 Å². The van der Waals surface area contributed by atoms with E-state index in [1.165, 1.54) is 12.1 Å². The fourth-order valence-corrected chi connectivity index (χ4v) is 3.23. The molecule has 0 unspecified atom stereocenters. The van der Waals surface area contributed by atoms with Crippen molar-refractivity contribution in [3.05, 3.63) is 69.8 Å². The van der Waals surface area contributed by atoms with Crippen LogP contribution in [0, 0.1) is 10.1 Å². The smallest absolute Gasteiger partial charge is 0.339 e. The summed E-state index contributed by atoms with van der Waals surface area (Å²) in [5.74, 6) is -1.03. The Labute approximate surface area is 168 Å². The van der Waals surface area contributed by atoms with Gasteiger partial charge in [0, 0.05) is 24.7 Å². The molecule has 8 nitrogen and oxygen atoms in total. The van der Waals surface area contributed by atoms with Gasteiger partial charge in [0.2, 0.25) is 6.10 Å². The minimum absolute atomic E-state index is 0.0182. The molecule has 1 fully saturated rings. The molecular formula is C21H22N2O6. The van der Waals surface area contributed by atoms with Crippen LogP contribution in [0.2, 0.25) is 0 Å². The number of hydrogen-bond donors (Lipinski definition) is 0. The first-order valence-corrected chi connectivity index (χ1v) is 9.47. The lowest BCUT2D eigenvalue weighted by molar-refractivity contribution is -0.385. The van der Waals surface area contributed by atoms with Crippen LogP contribution in [0.1, 0.15) is 41.8 Å². The summed E-state index contributed by atoms with van der Waals surface area (Å²) >= 11 is 0. The zero-order valence-corrected chi connectivity index (χ0v) is 16.1. The molecule has 0 radical (unpaired) electrons. The van der Waals surface area contributed by atoms with Crippen molar-refractivity contribution in [1.29, 1.82) is 0 Å². The summed E-state index contributed by atoms with van der Waals surface area (Å²) in [6.45, 7) is 3.20. The molecule has 152 valence electrons. The number of likely N-dealkylation sites (tertiary alicyclic amines) is 1. The molecular weight excluding hydrogens is 376 g/mol. The number of benzene rings is 2. The van der Waals surface area contributed by atoms with E-state index in [0.717, 1.165) is 18.9 Å². The predicted octanol–water partition coefficient (Wildman–Crippen LogP) is 3.51. The van der Waals surface area contributed by atoms with Crippen molar-refractivity contribution in [2.24, 2.45) is 0 Å². The van der Waals surface area contributed by atoms with Crippen molar-refractivity contribution in [1.82, 2.24) is 4.90 Å². The second-order valence-electron chi connectivity index (χ2n) is 6.60. The van der Waals surface area contributed by atoms with E-state index in [4.69, 9.17) is 9.47 Å². The van der Waals surface area contributed by atoms with Crippen LogP contribution < -0.4 is 4.74 Å². The molecule has 1 aliphatic heterocycles. The van der Waals surface area contributed by atoms with Gasteiger partial charge in [-0.05, 0) is 31.9 Å². The second-order valence-corrected chi connectivity index (χ2v) is 6.60. The van der Waals surface area contributed by atoms with Crippen molar-refractivity contribution in [3.8, 4) is 5.75 Å². The standard InChI is InChI=1S/C21H22N2O6/c1-2-28-18-11-10-16(14-17(18)23(26)27)21(25)29-19(15-8-4-3-5-9-15)20(24)22-12-6-7-13-22/h3-5,8-11,14,19H,2,6-7,12-13H2,1H3/t19-/m1/s1. The van der Waals surface area contributed by atoms with Crippen molar-refractivity contribution < 1.29 is 24.0 Å². The Morgan fingerprint density at radius 2 is 1.83 bits per heavy atom. The average molecular weight is 398 g/mol. The summed E-state index contributed by atoms with van der Waals surface area (Å²) in [5.41, 5.74) is 0.205. The van der Waals surface area contributed by atoms with Gasteiger partial charge in [0.1, 0.15) is 0 Å². The minimum Gasteiger partial charge on any atom is -0.487 e. The Morgan fingerprint density at radius 1 is 1.14 bits per heavy atom. The molecule has 1 saturated heterocycles. The van der Waals surface area contributed by atoms with Crippen LogP contribution in [-0.2, 0) is 9.53 Å². The lowest BCUT2D eigenvalue weighted by Gasteiger charge is -2.23. The number of nitrogens with zero attached hydrogens (tertiary/aromatic N) is 2. The Hall–Kier alpha value is -3.42. The summed E-state index contributed by atoms with van der Waals surface area (Å²) in [6, 6.07) is 12.6. The van der Waals surface area contributed by atoms with Crippen LogP contribution in [0.5, 0.6) is 5.75 Å². The molecule has 2 aromatic carbocycles. The maximum Gasteiger partial charge on any atom is 0.339 e. The number of amides is 1. The zero-order valence-electron chi connectivity index (χ0n) is 16.1. The van der Waals surface area contributed by atoms with Crippen LogP contribution >= 0.6 is 0 Å². The molecule has 0 bridgehead atoms. The molecule has 2 aromatic rings. The molecule has 0 N–H and O–H groups in total. The van der Waals surface area contributed by atoms with E-state index in [1.807, 2.05) is 0 Å². The zero-order chi connectivity index (χ0) is 20.8. The van der Waals surface area contributed by atoms with Gasteiger partial charge in [0.25, 0.3) is 5.91 Å². The third-order valence-electron chi connectivity index (χ3n) is 4.66. The number of hydrogen-bond acceptors (Lipinski definition) is 6. The van der Waals surface area contributed by atoms with Crippen LogP contribution in [0.3, 0.4) is 0 Å². The number of carbonyl (C=O) groups excluding carboxylic acids is 2. The fourth-order valence-electron chi connectivity index (χ4n) is 3.23. The Bertz CT molecular complexity index is 893. The molecule has 8 heteroatoms. The summed E-state index contributed by atoms with van der Waals surface area (Å²) in [5, 5.41) is 11.3. The first-order valence-electron chi connectivity index (χ1n) is 9.47. The van der Waals surface area contributed by atoms with Crippen molar-refractivity contribution in [2.75, 3.05) is 19.7 Å². The number of ether oxygens (including phenoxy) is 2.